The van der Waals surface area contributed by atoms with Crippen LogP contribution in [0.3, 0.4) is 0 Å². The van der Waals surface area contributed by atoms with Crippen molar-refractivity contribution in [2.45, 2.75) is 18.9 Å². The monoisotopic (exact) mass is 289 g/mol. The molecule has 1 aliphatic rings. The van der Waals surface area contributed by atoms with Crippen LogP contribution in [0.5, 0.6) is 0 Å². The predicted octanol–water partition coefficient (Wildman–Crippen LogP) is 1.27. The van der Waals surface area contributed by atoms with E-state index in [1.54, 1.807) is 0 Å². The summed E-state index contributed by atoms with van der Waals surface area (Å²) < 4.78 is 48.8. The van der Waals surface area contributed by atoms with Crippen molar-refractivity contribution in [2.75, 3.05) is 11.5 Å². The summed E-state index contributed by atoms with van der Waals surface area (Å²) in [5, 5.41) is 2.53. The number of carbonyl (C=O) groups is 1. The number of carbonyl (C=O) groups excluding carboxylic acids is 1. The Bertz CT molecular complexity index is 587. The van der Waals surface area contributed by atoms with Gasteiger partial charge >= 0.3 is 0 Å². The van der Waals surface area contributed by atoms with Crippen LogP contribution < -0.4 is 5.32 Å². The minimum absolute atomic E-state index is 0.00355. The summed E-state index contributed by atoms with van der Waals surface area (Å²) in [6.07, 6.45) is 0.593. The Balaban J connectivity index is 2.04. The van der Waals surface area contributed by atoms with Crippen molar-refractivity contribution in [1.82, 2.24) is 5.32 Å². The molecule has 1 amide bonds. The van der Waals surface area contributed by atoms with Crippen molar-refractivity contribution in [3.63, 3.8) is 0 Å². The molecule has 0 radical (unpaired) electrons. The lowest BCUT2D eigenvalue weighted by Crippen LogP contribution is -2.41. The molecule has 0 atom stereocenters. The Labute approximate surface area is 109 Å². The first kappa shape index (κ1) is 13.9. The average Bonchev–Trinajstić information content (AvgIpc) is 2.35. The van der Waals surface area contributed by atoms with Crippen LogP contribution >= 0.6 is 0 Å². The van der Waals surface area contributed by atoms with Crippen molar-refractivity contribution in [1.29, 1.82) is 0 Å². The number of nitrogens with one attached hydrogen (secondary N) is 1. The lowest BCUT2D eigenvalue weighted by molar-refractivity contribution is 0.0929. The smallest absolute Gasteiger partial charge is 0.254 e. The van der Waals surface area contributed by atoms with Crippen molar-refractivity contribution in [3.05, 3.63) is 35.4 Å². The van der Waals surface area contributed by atoms with Crippen LogP contribution in [0.15, 0.2) is 18.2 Å². The molecule has 104 valence electrons. The molecule has 1 saturated heterocycles. The van der Waals surface area contributed by atoms with Gasteiger partial charge in [-0.05, 0) is 25.0 Å². The van der Waals surface area contributed by atoms with Gasteiger partial charge in [0.1, 0.15) is 9.84 Å². The van der Waals surface area contributed by atoms with Crippen molar-refractivity contribution in [2.24, 2.45) is 0 Å². The van der Waals surface area contributed by atoms with E-state index >= 15 is 0 Å². The molecule has 0 bridgehead atoms. The highest BCUT2D eigenvalue weighted by Crippen LogP contribution is 2.15. The molecule has 1 aromatic carbocycles. The molecule has 1 heterocycles. The van der Waals surface area contributed by atoms with Gasteiger partial charge in [-0.2, -0.15) is 0 Å². The van der Waals surface area contributed by atoms with Crippen LogP contribution in [-0.2, 0) is 9.84 Å². The summed E-state index contributed by atoms with van der Waals surface area (Å²) in [4.78, 5) is 11.8. The number of sulfone groups is 1. The number of amides is 1. The first-order valence-corrected chi connectivity index (χ1v) is 7.66. The summed E-state index contributed by atoms with van der Waals surface area (Å²) in [6, 6.07) is 3.05. The third kappa shape index (κ3) is 3.28. The van der Waals surface area contributed by atoms with Gasteiger partial charge in [-0.1, -0.05) is 6.07 Å². The van der Waals surface area contributed by atoms with E-state index in [2.05, 4.69) is 5.32 Å². The molecule has 2 rings (SSSR count). The van der Waals surface area contributed by atoms with Gasteiger partial charge in [0.05, 0.1) is 17.1 Å². The van der Waals surface area contributed by atoms with E-state index in [9.17, 15) is 22.0 Å². The van der Waals surface area contributed by atoms with Crippen molar-refractivity contribution in [3.8, 4) is 0 Å². The lowest BCUT2D eigenvalue weighted by atomic mass is 10.1. The molecule has 1 fully saturated rings. The molecule has 0 aromatic heterocycles. The Morgan fingerprint density at radius 2 is 1.84 bits per heavy atom. The molecule has 1 aliphatic heterocycles. The molecule has 0 aliphatic carbocycles. The number of hydrogen-bond acceptors (Lipinski definition) is 3. The van der Waals surface area contributed by atoms with Gasteiger partial charge in [-0.3, -0.25) is 4.79 Å². The molecular formula is C12H13F2NO3S. The maximum atomic E-state index is 13.4. The largest absolute Gasteiger partial charge is 0.349 e. The Morgan fingerprint density at radius 3 is 2.47 bits per heavy atom. The predicted molar refractivity (Wildman–Crippen MR) is 65.5 cm³/mol. The van der Waals surface area contributed by atoms with Crippen LogP contribution in [0.1, 0.15) is 23.2 Å². The first-order valence-electron chi connectivity index (χ1n) is 5.84. The maximum absolute atomic E-state index is 13.4. The third-order valence-corrected chi connectivity index (χ3v) is 4.80. The zero-order valence-corrected chi connectivity index (χ0v) is 10.8. The molecular weight excluding hydrogens is 276 g/mol. The van der Waals surface area contributed by atoms with E-state index in [1.807, 2.05) is 0 Å². The number of hydrogen-bond donors (Lipinski definition) is 1. The van der Waals surface area contributed by atoms with Crippen LogP contribution in [0, 0.1) is 11.6 Å². The first-order chi connectivity index (χ1) is 8.89. The molecule has 7 heteroatoms. The second kappa shape index (κ2) is 5.24. The van der Waals surface area contributed by atoms with Crippen molar-refractivity contribution >= 4 is 15.7 Å². The van der Waals surface area contributed by atoms with Crippen molar-refractivity contribution < 1.29 is 22.0 Å². The van der Waals surface area contributed by atoms with E-state index in [-0.39, 0.29) is 23.1 Å². The minimum atomic E-state index is -3.02. The second-order valence-electron chi connectivity index (χ2n) is 4.50. The highest BCUT2D eigenvalue weighted by atomic mass is 32.2. The normalized spacial score (nSPS) is 19.1. The van der Waals surface area contributed by atoms with E-state index in [1.165, 1.54) is 12.1 Å². The topological polar surface area (TPSA) is 63.2 Å². The fourth-order valence-electron chi connectivity index (χ4n) is 1.98. The highest BCUT2D eigenvalue weighted by molar-refractivity contribution is 7.91. The molecule has 1 N–H and O–H groups in total. The summed E-state index contributed by atoms with van der Waals surface area (Å²) >= 11 is 0. The fraction of sp³-hybridized carbons (Fsp3) is 0.417. The Kier molecular flexibility index (Phi) is 3.84. The van der Waals surface area contributed by atoms with Crippen LogP contribution in [0.25, 0.3) is 0 Å². The van der Waals surface area contributed by atoms with Crippen LogP contribution in [0.4, 0.5) is 8.78 Å². The summed E-state index contributed by atoms with van der Waals surface area (Å²) in [5.41, 5.74) is -0.367. The summed E-state index contributed by atoms with van der Waals surface area (Å²) in [5.74, 6) is -2.99. The molecule has 0 spiro atoms. The molecule has 4 nitrogen and oxygen atoms in total. The maximum Gasteiger partial charge on any atom is 0.254 e. The van der Waals surface area contributed by atoms with E-state index in [0.717, 1.165) is 6.07 Å². The van der Waals surface area contributed by atoms with Crippen LogP contribution in [-0.4, -0.2) is 31.9 Å². The lowest BCUT2D eigenvalue weighted by Gasteiger charge is -2.23. The van der Waals surface area contributed by atoms with Gasteiger partial charge < -0.3 is 5.32 Å². The average molecular weight is 289 g/mol. The van der Waals surface area contributed by atoms with Gasteiger partial charge in [-0.15, -0.1) is 0 Å². The van der Waals surface area contributed by atoms with E-state index in [0.29, 0.717) is 12.8 Å². The number of halogens is 2. The SMILES string of the molecule is O=C(NC1CCS(=O)(=O)CC1)c1cccc(F)c1F. The van der Waals surface area contributed by atoms with Crippen LogP contribution in [0.2, 0.25) is 0 Å². The molecule has 0 saturated carbocycles. The van der Waals surface area contributed by atoms with Gasteiger partial charge in [0.2, 0.25) is 0 Å². The molecule has 19 heavy (non-hydrogen) atoms. The fourth-order valence-corrected chi connectivity index (χ4v) is 3.47. The molecule has 1 aromatic rings. The standard InChI is InChI=1S/C12H13F2NO3S/c13-10-3-1-2-9(11(10)14)12(16)15-8-4-6-19(17,18)7-5-8/h1-3,8H,4-7H2,(H,15,16). The van der Waals surface area contributed by atoms with E-state index in [4.69, 9.17) is 0 Å². The van der Waals surface area contributed by atoms with E-state index < -0.39 is 27.4 Å². The van der Waals surface area contributed by atoms with Gasteiger partial charge in [0.25, 0.3) is 5.91 Å². The second-order valence-corrected chi connectivity index (χ2v) is 6.80. The minimum Gasteiger partial charge on any atom is -0.349 e. The summed E-state index contributed by atoms with van der Waals surface area (Å²) in [7, 11) is -3.02. The quantitative estimate of drug-likeness (QED) is 0.892. The zero-order valence-electron chi connectivity index (χ0n) is 10.0. The third-order valence-electron chi connectivity index (χ3n) is 3.09. The highest BCUT2D eigenvalue weighted by Gasteiger charge is 2.26. The Morgan fingerprint density at radius 1 is 1.21 bits per heavy atom. The van der Waals surface area contributed by atoms with Gasteiger partial charge in [0, 0.05) is 6.04 Å². The summed E-state index contributed by atoms with van der Waals surface area (Å²) in [6.45, 7) is 0. The zero-order chi connectivity index (χ0) is 14.0. The number of benzene rings is 1. The van der Waals surface area contributed by atoms with Gasteiger partial charge in [-0.25, -0.2) is 17.2 Å². The number of rotatable bonds is 2. The van der Waals surface area contributed by atoms with Gasteiger partial charge in [0.15, 0.2) is 11.6 Å². The Hall–Kier alpha value is -1.50. The molecule has 0 unspecified atom stereocenters.